The quantitative estimate of drug-likeness (QED) is 0.579. The van der Waals surface area contributed by atoms with Crippen LogP contribution in [-0.2, 0) is 0 Å². The minimum Gasteiger partial charge on any atom is -0.493 e. The normalized spacial score (nSPS) is 10.1. The Morgan fingerprint density at radius 1 is 1.00 bits per heavy atom. The van der Waals surface area contributed by atoms with Crippen molar-refractivity contribution >= 4 is 12.1 Å². The lowest BCUT2D eigenvalue weighted by Crippen LogP contribution is -2.08. The molecule has 0 saturated heterocycles. The molecule has 0 saturated carbocycles. The van der Waals surface area contributed by atoms with Gasteiger partial charge >= 0.3 is 0 Å². The number of ether oxygens (including phenoxy) is 2. The summed E-state index contributed by atoms with van der Waals surface area (Å²) in [5.74, 6) is 0.658. The molecule has 114 valence electrons. The second-order valence-corrected chi connectivity index (χ2v) is 4.57. The van der Waals surface area contributed by atoms with E-state index in [0.717, 1.165) is 0 Å². The van der Waals surface area contributed by atoms with Crippen LogP contribution in [0.3, 0.4) is 0 Å². The number of carbonyl (C=O) groups is 2. The molecular weight excluding hydrogens is 280 g/mol. The van der Waals surface area contributed by atoms with Gasteiger partial charge in [0.25, 0.3) is 0 Å². The van der Waals surface area contributed by atoms with Gasteiger partial charge < -0.3 is 9.47 Å². The fourth-order valence-electron chi connectivity index (χ4n) is 2.15. The predicted molar refractivity (Wildman–Crippen MR) is 84.0 cm³/mol. The van der Waals surface area contributed by atoms with Gasteiger partial charge in [0, 0.05) is 11.6 Å². The molecule has 0 heterocycles. The van der Waals surface area contributed by atoms with Gasteiger partial charge in [0.05, 0.1) is 24.3 Å². The monoisotopic (exact) mass is 298 g/mol. The first-order valence-corrected chi connectivity index (χ1v) is 7.19. The Morgan fingerprint density at radius 3 is 2.23 bits per heavy atom. The van der Waals surface area contributed by atoms with Gasteiger partial charge in [0.15, 0.2) is 12.1 Å². The highest BCUT2D eigenvalue weighted by Crippen LogP contribution is 2.30. The molecule has 2 aromatic carbocycles. The third-order valence-electron chi connectivity index (χ3n) is 3.12. The van der Waals surface area contributed by atoms with E-state index in [1.807, 2.05) is 19.9 Å². The maximum atomic E-state index is 12.6. The van der Waals surface area contributed by atoms with Crippen molar-refractivity contribution in [3.8, 4) is 11.5 Å². The van der Waals surface area contributed by atoms with Crippen molar-refractivity contribution in [3.63, 3.8) is 0 Å². The molecule has 0 bridgehead atoms. The molecule has 0 atom stereocenters. The van der Waals surface area contributed by atoms with E-state index in [1.165, 1.54) is 6.07 Å². The third kappa shape index (κ3) is 3.34. The standard InChI is InChI=1S/C18H18O4/c1-3-21-16-11-17(22-4-2)15(10-14(16)12-19)18(20)13-8-6-5-7-9-13/h5-12H,3-4H2,1-2H3. The summed E-state index contributed by atoms with van der Waals surface area (Å²) in [7, 11) is 0. The Bertz CT molecular complexity index is 662. The van der Waals surface area contributed by atoms with Crippen LogP contribution in [0.25, 0.3) is 0 Å². The van der Waals surface area contributed by atoms with Crippen molar-refractivity contribution in [1.29, 1.82) is 0 Å². The van der Waals surface area contributed by atoms with Gasteiger partial charge in [-0.25, -0.2) is 0 Å². The average molecular weight is 298 g/mol. The smallest absolute Gasteiger partial charge is 0.196 e. The number of benzene rings is 2. The van der Waals surface area contributed by atoms with Gasteiger partial charge in [-0.05, 0) is 19.9 Å². The zero-order chi connectivity index (χ0) is 15.9. The summed E-state index contributed by atoms with van der Waals surface area (Å²) in [4.78, 5) is 23.9. The van der Waals surface area contributed by atoms with E-state index in [9.17, 15) is 9.59 Å². The van der Waals surface area contributed by atoms with E-state index in [1.54, 1.807) is 30.3 Å². The Morgan fingerprint density at radius 2 is 1.64 bits per heavy atom. The molecule has 0 aliphatic rings. The summed E-state index contributed by atoms with van der Waals surface area (Å²) < 4.78 is 11.0. The zero-order valence-corrected chi connectivity index (χ0v) is 12.7. The maximum Gasteiger partial charge on any atom is 0.196 e. The van der Waals surface area contributed by atoms with Crippen molar-refractivity contribution in [2.24, 2.45) is 0 Å². The topological polar surface area (TPSA) is 52.6 Å². The molecule has 2 aromatic rings. The van der Waals surface area contributed by atoms with Crippen molar-refractivity contribution in [3.05, 3.63) is 59.2 Å². The van der Waals surface area contributed by atoms with E-state index >= 15 is 0 Å². The lowest BCUT2D eigenvalue weighted by molar-refractivity contribution is 0.103. The highest BCUT2D eigenvalue weighted by atomic mass is 16.5. The molecule has 4 nitrogen and oxygen atoms in total. The van der Waals surface area contributed by atoms with E-state index in [2.05, 4.69) is 0 Å². The van der Waals surface area contributed by atoms with E-state index in [-0.39, 0.29) is 5.78 Å². The van der Waals surface area contributed by atoms with Crippen LogP contribution in [0.15, 0.2) is 42.5 Å². The Hall–Kier alpha value is -2.62. The molecule has 0 aromatic heterocycles. The first kappa shape index (κ1) is 15.8. The van der Waals surface area contributed by atoms with Crippen LogP contribution in [0.4, 0.5) is 0 Å². The number of carbonyl (C=O) groups excluding carboxylic acids is 2. The van der Waals surface area contributed by atoms with Crippen LogP contribution >= 0.6 is 0 Å². The van der Waals surface area contributed by atoms with Crippen molar-refractivity contribution < 1.29 is 19.1 Å². The minimum atomic E-state index is -0.185. The highest BCUT2D eigenvalue weighted by molar-refractivity contribution is 6.11. The molecule has 0 amide bonds. The zero-order valence-electron chi connectivity index (χ0n) is 12.7. The molecule has 0 radical (unpaired) electrons. The first-order chi connectivity index (χ1) is 10.7. The van der Waals surface area contributed by atoms with Gasteiger partial charge in [0.1, 0.15) is 11.5 Å². The van der Waals surface area contributed by atoms with E-state index < -0.39 is 0 Å². The van der Waals surface area contributed by atoms with Gasteiger partial charge in [-0.15, -0.1) is 0 Å². The fraction of sp³-hybridized carbons (Fsp3) is 0.222. The molecule has 0 N–H and O–H groups in total. The van der Waals surface area contributed by atoms with E-state index in [0.29, 0.717) is 47.7 Å². The Labute approximate surface area is 129 Å². The summed E-state index contributed by atoms with van der Waals surface area (Å²) in [6.07, 6.45) is 0.683. The number of rotatable bonds is 7. The molecule has 0 spiro atoms. The summed E-state index contributed by atoms with van der Waals surface area (Å²) in [5, 5.41) is 0. The molecule has 0 aliphatic heterocycles. The van der Waals surface area contributed by atoms with Crippen LogP contribution in [0.1, 0.15) is 40.1 Å². The largest absolute Gasteiger partial charge is 0.493 e. The second kappa shape index (κ2) is 7.41. The molecule has 22 heavy (non-hydrogen) atoms. The Balaban J connectivity index is 2.53. The average Bonchev–Trinajstić information content (AvgIpc) is 2.56. The van der Waals surface area contributed by atoms with Crippen molar-refractivity contribution in [1.82, 2.24) is 0 Å². The van der Waals surface area contributed by atoms with Crippen molar-refractivity contribution in [2.75, 3.05) is 13.2 Å². The molecule has 0 unspecified atom stereocenters. The summed E-state index contributed by atoms with van der Waals surface area (Å²) in [5.41, 5.74) is 1.24. The fourth-order valence-corrected chi connectivity index (χ4v) is 2.15. The SMILES string of the molecule is CCOc1cc(OCC)c(C(=O)c2ccccc2)cc1C=O. The molecule has 0 fully saturated rings. The summed E-state index contributed by atoms with van der Waals surface area (Å²) >= 11 is 0. The van der Waals surface area contributed by atoms with Crippen molar-refractivity contribution in [2.45, 2.75) is 13.8 Å². The highest BCUT2D eigenvalue weighted by Gasteiger charge is 2.18. The van der Waals surface area contributed by atoms with Crippen LogP contribution in [-0.4, -0.2) is 25.3 Å². The maximum absolute atomic E-state index is 12.6. The lowest BCUT2D eigenvalue weighted by atomic mass is 10.00. The van der Waals surface area contributed by atoms with Gasteiger partial charge in [0.2, 0.25) is 0 Å². The van der Waals surface area contributed by atoms with Crippen LogP contribution in [0, 0.1) is 0 Å². The predicted octanol–water partition coefficient (Wildman–Crippen LogP) is 3.53. The first-order valence-electron chi connectivity index (χ1n) is 7.19. The minimum absolute atomic E-state index is 0.185. The Kier molecular flexibility index (Phi) is 5.31. The molecule has 2 rings (SSSR count). The molecule has 0 aliphatic carbocycles. The van der Waals surface area contributed by atoms with E-state index in [4.69, 9.17) is 9.47 Å². The van der Waals surface area contributed by atoms with Gasteiger partial charge in [-0.3, -0.25) is 9.59 Å². The number of ketones is 1. The van der Waals surface area contributed by atoms with Gasteiger partial charge in [-0.1, -0.05) is 30.3 Å². The summed E-state index contributed by atoms with van der Waals surface area (Å²) in [6.45, 7) is 4.52. The number of aldehydes is 1. The lowest BCUT2D eigenvalue weighted by Gasteiger charge is -2.14. The second-order valence-electron chi connectivity index (χ2n) is 4.57. The van der Waals surface area contributed by atoms with Crippen LogP contribution < -0.4 is 9.47 Å². The summed E-state index contributed by atoms with van der Waals surface area (Å²) in [6, 6.07) is 12.0. The van der Waals surface area contributed by atoms with Crippen LogP contribution in [0.2, 0.25) is 0 Å². The number of hydrogen-bond acceptors (Lipinski definition) is 4. The van der Waals surface area contributed by atoms with Gasteiger partial charge in [-0.2, -0.15) is 0 Å². The third-order valence-corrected chi connectivity index (χ3v) is 3.12. The molecule has 4 heteroatoms. The van der Waals surface area contributed by atoms with Crippen LogP contribution in [0.5, 0.6) is 11.5 Å². The molecular formula is C18H18O4. The number of hydrogen-bond donors (Lipinski definition) is 0.